The summed E-state index contributed by atoms with van der Waals surface area (Å²) in [4.78, 5) is 10.7. The van der Waals surface area contributed by atoms with Gasteiger partial charge in [0.25, 0.3) is 0 Å². The second-order valence-corrected chi connectivity index (χ2v) is 5.53. The third-order valence-corrected chi connectivity index (χ3v) is 4.01. The van der Waals surface area contributed by atoms with E-state index in [0.29, 0.717) is 5.92 Å². The third-order valence-electron chi connectivity index (χ3n) is 3.01. The second-order valence-electron chi connectivity index (χ2n) is 4.39. The molecule has 0 rings (SSSR count). The van der Waals surface area contributed by atoms with Gasteiger partial charge in [-0.15, -0.1) is 6.58 Å². The molecule has 4 heteroatoms. The van der Waals surface area contributed by atoms with E-state index in [9.17, 15) is 4.79 Å². The lowest BCUT2D eigenvalue weighted by Crippen LogP contribution is -2.27. The second kappa shape index (κ2) is 11.5. The van der Waals surface area contributed by atoms with Crippen molar-refractivity contribution in [3.63, 3.8) is 0 Å². The topological polar surface area (TPSA) is 46.5 Å². The summed E-state index contributed by atoms with van der Waals surface area (Å²) in [7, 11) is 0. The molecule has 0 aliphatic heterocycles. The number of thioether (sulfide) groups is 1. The van der Waals surface area contributed by atoms with Gasteiger partial charge in [-0.25, -0.2) is 4.79 Å². The van der Waals surface area contributed by atoms with Crippen molar-refractivity contribution in [1.82, 2.24) is 0 Å². The van der Waals surface area contributed by atoms with Crippen LogP contribution in [0, 0.1) is 5.92 Å². The molecule has 0 aromatic carbocycles. The number of carbonyl (C=O) groups is 1. The zero-order valence-corrected chi connectivity index (χ0v) is 12.4. The Morgan fingerprint density at radius 3 is 2.67 bits per heavy atom. The van der Waals surface area contributed by atoms with Crippen LogP contribution in [0.4, 0.5) is 4.79 Å². The van der Waals surface area contributed by atoms with E-state index in [4.69, 9.17) is 9.84 Å². The van der Waals surface area contributed by atoms with E-state index in [1.165, 1.54) is 0 Å². The highest BCUT2D eigenvalue weighted by molar-refractivity contribution is 7.99. The molecule has 18 heavy (non-hydrogen) atoms. The fourth-order valence-electron chi connectivity index (χ4n) is 2.01. The van der Waals surface area contributed by atoms with E-state index in [-0.39, 0.29) is 6.10 Å². The minimum atomic E-state index is -1.15. The Morgan fingerprint density at radius 1 is 1.44 bits per heavy atom. The maximum atomic E-state index is 10.7. The summed E-state index contributed by atoms with van der Waals surface area (Å²) in [6.07, 6.45) is 5.67. The van der Waals surface area contributed by atoms with Gasteiger partial charge < -0.3 is 9.84 Å². The van der Waals surface area contributed by atoms with Crippen LogP contribution in [-0.4, -0.2) is 28.9 Å². The van der Waals surface area contributed by atoms with E-state index >= 15 is 0 Å². The van der Waals surface area contributed by atoms with Gasteiger partial charge in [0, 0.05) is 5.75 Å². The van der Waals surface area contributed by atoms with Gasteiger partial charge in [0.2, 0.25) is 0 Å². The fourth-order valence-corrected chi connectivity index (χ4v) is 2.74. The van der Waals surface area contributed by atoms with Crippen molar-refractivity contribution in [3.05, 3.63) is 12.7 Å². The Hall–Kier alpha value is -0.640. The highest BCUT2D eigenvalue weighted by Gasteiger charge is 2.23. The fraction of sp³-hybridized carbons (Fsp3) is 0.786. The van der Waals surface area contributed by atoms with Crippen LogP contribution in [-0.2, 0) is 4.74 Å². The van der Waals surface area contributed by atoms with Crippen molar-refractivity contribution in [1.29, 1.82) is 0 Å². The molecule has 0 aliphatic carbocycles. The molecule has 0 aromatic heterocycles. The first kappa shape index (κ1) is 17.4. The van der Waals surface area contributed by atoms with Crippen molar-refractivity contribution in [2.75, 3.05) is 11.5 Å². The molecule has 2 unspecified atom stereocenters. The van der Waals surface area contributed by atoms with Crippen molar-refractivity contribution in [2.24, 2.45) is 5.92 Å². The maximum absolute atomic E-state index is 10.7. The van der Waals surface area contributed by atoms with Crippen molar-refractivity contribution < 1.29 is 14.6 Å². The molecule has 0 fully saturated rings. The minimum Gasteiger partial charge on any atom is -0.450 e. The largest absolute Gasteiger partial charge is 0.506 e. The van der Waals surface area contributed by atoms with Gasteiger partial charge in [-0.3, -0.25) is 0 Å². The third kappa shape index (κ3) is 8.45. The van der Waals surface area contributed by atoms with E-state index in [0.717, 1.165) is 43.6 Å². The Morgan fingerprint density at radius 2 is 2.17 bits per heavy atom. The van der Waals surface area contributed by atoms with Crippen LogP contribution < -0.4 is 0 Å². The van der Waals surface area contributed by atoms with E-state index in [1.807, 2.05) is 6.08 Å². The molecule has 0 radical (unpaired) electrons. The molecule has 1 N–H and O–H groups in total. The first-order valence-electron chi connectivity index (χ1n) is 6.73. The van der Waals surface area contributed by atoms with E-state index < -0.39 is 6.16 Å². The Labute approximate surface area is 115 Å². The van der Waals surface area contributed by atoms with Crippen LogP contribution in [0.1, 0.15) is 46.0 Å². The van der Waals surface area contributed by atoms with Crippen LogP contribution in [0.3, 0.4) is 0 Å². The van der Waals surface area contributed by atoms with Crippen molar-refractivity contribution in [3.8, 4) is 0 Å². The standard InChI is InChI=1S/C14H26O3S/c1-4-7-8-12(6-3)13(17-14(15)16)9-11-18-10-5-2/h5,12-13H,2,4,6-11H2,1,3H3,(H,15,16). The number of rotatable bonds is 11. The summed E-state index contributed by atoms with van der Waals surface area (Å²) in [5.41, 5.74) is 0. The van der Waals surface area contributed by atoms with Crippen LogP contribution in [0.15, 0.2) is 12.7 Å². The van der Waals surface area contributed by atoms with Gasteiger partial charge >= 0.3 is 6.16 Å². The molecule has 0 spiro atoms. The zero-order chi connectivity index (χ0) is 13.8. The van der Waals surface area contributed by atoms with Crippen LogP contribution in [0.2, 0.25) is 0 Å². The van der Waals surface area contributed by atoms with Gasteiger partial charge in [0.1, 0.15) is 6.10 Å². The molecule has 0 amide bonds. The number of ether oxygens (including phenoxy) is 1. The Balaban J connectivity index is 4.23. The van der Waals surface area contributed by atoms with E-state index in [1.54, 1.807) is 11.8 Å². The molecule has 3 nitrogen and oxygen atoms in total. The van der Waals surface area contributed by atoms with Gasteiger partial charge in [-0.1, -0.05) is 32.8 Å². The number of hydrogen-bond acceptors (Lipinski definition) is 3. The minimum absolute atomic E-state index is 0.156. The predicted octanol–water partition coefficient (Wildman–Crippen LogP) is 4.58. The molecule has 0 aromatic rings. The monoisotopic (exact) mass is 274 g/mol. The predicted molar refractivity (Wildman–Crippen MR) is 78.3 cm³/mol. The first-order chi connectivity index (χ1) is 8.65. The molecular weight excluding hydrogens is 248 g/mol. The first-order valence-corrected chi connectivity index (χ1v) is 7.89. The molecule has 0 heterocycles. The lowest BCUT2D eigenvalue weighted by molar-refractivity contribution is 0.0196. The van der Waals surface area contributed by atoms with Crippen LogP contribution in [0.25, 0.3) is 0 Å². The molecule has 0 aliphatic rings. The highest BCUT2D eigenvalue weighted by Crippen LogP contribution is 2.23. The molecule has 0 saturated carbocycles. The van der Waals surface area contributed by atoms with Gasteiger partial charge in [0.05, 0.1) is 0 Å². The van der Waals surface area contributed by atoms with Crippen LogP contribution >= 0.6 is 11.8 Å². The summed E-state index contributed by atoms with van der Waals surface area (Å²) in [5, 5.41) is 8.81. The molecule has 0 saturated heterocycles. The highest BCUT2D eigenvalue weighted by atomic mass is 32.2. The average molecular weight is 274 g/mol. The Kier molecular flexibility index (Phi) is 11.0. The normalized spacial score (nSPS) is 13.9. The van der Waals surface area contributed by atoms with E-state index in [2.05, 4.69) is 20.4 Å². The van der Waals surface area contributed by atoms with Crippen molar-refractivity contribution in [2.45, 2.75) is 52.1 Å². The number of carboxylic acid groups (broad SMARTS) is 1. The van der Waals surface area contributed by atoms with Crippen molar-refractivity contribution >= 4 is 17.9 Å². The zero-order valence-electron chi connectivity index (χ0n) is 11.6. The van der Waals surface area contributed by atoms with Gasteiger partial charge in [0.15, 0.2) is 0 Å². The van der Waals surface area contributed by atoms with Gasteiger partial charge in [-0.2, -0.15) is 11.8 Å². The van der Waals surface area contributed by atoms with Crippen LogP contribution in [0.5, 0.6) is 0 Å². The maximum Gasteiger partial charge on any atom is 0.506 e. The molecular formula is C14H26O3S. The smallest absolute Gasteiger partial charge is 0.450 e. The SMILES string of the molecule is C=CCSCCC(OC(=O)O)C(CC)CCCC. The lowest BCUT2D eigenvalue weighted by atomic mass is 9.92. The number of hydrogen-bond donors (Lipinski definition) is 1. The lowest BCUT2D eigenvalue weighted by Gasteiger charge is -2.25. The number of unbranched alkanes of at least 4 members (excludes halogenated alkanes) is 1. The summed E-state index contributed by atoms with van der Waals surface area (Å²) < 4.78 is 5.06. The van der Waals surface area contributed by atoms with Gasteiger partial charge in [-0.05, 0) is 30.9 Å². The average Bonchev–Trinajstić information content (AvgIpc) is 2.34. The molecule has 0 bridgehead atoms. The molecule has 106 valence electrons. The summed E-state index contributed by atoms with van der Waals surface area (Å²) in [6, 6.07) is 0. The summed E-state index contributed by atoms with van der Waals surface area (Å²) >= 11 is 1.77. The Bertz CT molecular complexity index is 231. The summed E-state index contributed by atoms with van der Waals surface area (Å²) in [5.74, 6) is 2.18. The quantitative estimate of drug-likeness (QED) is 0.340. The molecule has 2 atom stereocenters. The summed E-state index contributed by atoms with van der Waals surface area (Å²) in [6.45, 7) is 7.93.